The maximum atomic E-state index is 13.8. The number of carboxylic acids is 1. The number of rotatable bonds is 4. The van der Waals surface area contributed by atoms with Crippen molar-refractivity contribution in [2.45, 2.75) is 13.5 Å². The van der Waals surface area contributed by atoms with Gasteiger partial charge in [0.1, 0.15) is 24.0 Å². The summed E-state index contributed by atoms with van der Waals surface area (Å²) in [6, 6.07) is 6.77. The van der Waals surface area contributed by atoms with Gasteiger partial charge >= 0.3 is 5.97 Å². The molecule has 0 aliphatic rings. The lowest BCUT2D eigenvalue weighted by Gasteiger charge is -2.10. The molecule has 0 bridgehead atoms. The molecule has 0 aromatic heterocycles. The van der Waals surface area contributed by atoms with E-state index in [0.29, 0.717) is 11.3 Å². The Hall–Kier alpha value is -1.95. The van der Waals surface area contributed by atoms with Crippen molar-refractivity contribution in [2.75, 3.05) is 0 Å². The Morgan fingerprint density at radius 2 is 2.00 bits per heavy atom. The van der Waals surface area contributed by atoms with Gasteiger partial charge in [-0.25, -0.2) is 13.6 Å². The van der Waals surface area contributed by atoms with E-state index in [-0.39, 0.29) is 22.2 Å². The van der Waals surface area contributed by atoms with Crippen LogP contribution in [0.5, 0.6) is 5.75 Å². The molecule has 0 unspecified atom stereocenters. The summed E-state index contributed by atoms with van der Waals surface area (Å²) in [6.45, 7) is 1.33. The second kappa shape index (κ2) is 6.22. The number of carbonyl (C=O) groups is 1. The van der Waals surface area contributed by atoms with E-state index in [1.54, 1.807) is 6.92 Å². The summed E-state index contributed by atoms with van der Waals surface area (Å²) < 4.78 is 32.8. The average Bonchev–Trinajstić information content (AvgIpc) is 2.43. The van der Waals surface area contributed by atoms with Crippen molar-refractivity contribution in [3.63, 3.8) is 0 Å². The van der Waals surface area contributed by atoms with E-state index >= 15 is 0 Å². The molecular weight excluding hydrogens is 346 g/mol. The van der Waals surface area contributed by atoms with Crippen LogP contribution >= 0.6 is 15.9 Å². The highest BCUT2D eigenvalue weighted by molar-refractivity contribution is 9.10. The third-order valence-corrected chi connectivity index (χ3v) is 3.56. The minimum atomic E-state index is -1.04. The van der Waals surface area contributed by atoms with Crippen molar-refractivity contribution < 1.29 is 23.4 Å². The smallest absolute Gasteiger partial charge is 0.335 e. The first-order chi connectivity index (χ1) is 9.90. The summed E-state index contributed by atoms with van der Waals surface area (Å²) >= 11 is 2.98. The van der Waals surface area contributed by atoms with Crippen molar-refractivity contribution in [1.82, 2.24) is 0 Å². The number of hydrogen-bond acceptors (Lipinski definition) is 2. The van der Waals surface area contributed by atoms with E-state index in [2.05, 4.69) is 15.9 Å². The molecule has 0 spiro atoms. The molecule has 0 radical (unpaired) electrons. The Balaban J connectivity index is 2.19. The summed E-state index contributed by atoms with van der Waals surface area (Å²) in [5, 5.41) is 8.92. The molecule has 21 heavy (non-hydrogen) atoms. The van der Waals surface area contributed by atoms with Crippen molar-refractivity contribution >= 4 is 21.9 Å². The highest BCUT2D eigenvalue weighted by atomic mass is 79.9. The summed E-state index contributed by atoms with van der Waals surface area (Å²) in [7, 11) is 0. The highest BCUT2D eigenvalue weighted by Gasteiger charge is 2.13. The van der Waals surface area contributed by atoms with Crippen LogP contribution in [-0.2, 0) is 6.61 Å². The molecule has 1 N–H and O–H groups in total. The van der Waals surface area contributed by atoms with Gasteiger partial charge in [0.15, 0.2) is 0 Å². The zero-order valence-electron chi connectivity index (χ0n) is 11.0. The second-order valence-electron chi connectivity index (χ2n) is 4.39. The molecule has 0 heterocycles. The quantitative estimate of drug-likeness (QED) is 0.830. The molecule has 2 rings (SSSR count). The predicted octanol–water partition coefficient (Wildman–Crippen LogP) is 4.31. The standard InChI is InChI=1S/C15H11BrF2O3/c1-8-6-9(2-3-10(8)15(19)20)21-7-11-13(17)5-4-12(16)14(11)18/h2-6H,7H2,1H3,(H,19,20). The van der Waals surface area contributed by atoms with Crippen molar-refractivity contribution in [1.29, 1.82) is 0 Å². The van der Waals surface area contributed by atoms with E-state index < -0.39 is 17.6 Å². The predicted molar refractivity (Wildman–Crippen MR) is 76.5 cm³/mol. The molecule has 0 atom stereocenters. The van der Waals surface area contributed by atoms with Crippen LogP contribution in [0.1, 0.15) is 21.5 Å². The fourth-order valence-corrected chi connectivity index (χ4v) is 2.19. The highest BCUT2D eigenvalue weighted by Crippen LogP contribution is 2.24. The Bertz CT molecular complexity index is 702. The van der Waals surface area contributed by atoms with Gasteiger partial charge in [-0.05, 0) is 58.7 Å². The lowest BCUT2D eigenvalue weighted by Crippen LogP contribution is -2.04. The van der Waals surface area contributed by atoms with Crippen LogP contribution in [-0.4, -0.2) is 11.1 Å². The molecule has 110 valence electrons. The summed E-state index contributed by atoms with van der Waals surface area (Å²) in [6.07, 6.45) is 0. The van der Waals surface area contributed by atoms with Gasteiger partial charge < -0.3 is 9.84 Å². The molecule has 0 saturated carbocycles. The maximum absolute atomic E-state index is 13.8. The monoisotopic (exact) mass is 356 g/mol. The molecule has 0 aliphatic heterocycles. The first-order valence-corrected chi connectivity index (χ1v) is 6.78. The Morgan fingerprint density at radius 1 is 1.29 bits per heavy atom. The van der Waals surface area contributed by atoms with E-state index in [1.165, 1.54) is 24.3 Å². The normalized spacial score (nSPS) is 10.5. The summed E-state index contributed by atoms with van der Waals surface area (Å²) in [5.41, 5.74) is 0.474. The topological polar surface area (TPSA) is 46.5 Å². The molecule has 2 aromatic rings. The minimum Gasteiger partial charge on any atom is -0.489 e. The van der Waals surface area contributed by atoms with Crippen molar-refractivity contribution in [2.24, 2.45) is 0 Å². The zero-order valence-corrected chi connectivity index (χ0v) is 12.6. The number of carboxylic acid groups (broad SMARTS) is 1. The third kappa shape index (κ3) is 3.39. The van der Waals surface area contributed by atoms with Crippen LogP contribution in [0.15, 0.2) is 34.8 Å². The average molecular weight is 357 g/mol. The van der Waals surface area contributed by atoms with Crippen molar-refractivity contribution in [3.05, 3.63) is 63.1 Å². The van der Waals surface area contributed by atoms with Gasteiger partial charge in [-0.1, -0.05) is 0 Å². The minimum absolute atomic E-state index is 0.153. The van der Waals surface area contributed by atoms with E-state index in [4.69, 9.17) is 9.84 Å². The van der Waals surface area contributed by atoms with Gasteiger partial charge in [-0.15, -0.1) is 0 Å². The van der Waals surface area contributed by atoms with E-state index in [0.717, 1.165) is 6.07 Å². The van der Waals surface area contributed by atoms with Crippen LogP contribution < -0.4 is 4.74 Å². The molecule has 0 aliphatic carbocycles. The maximum Gasteiger partial charge on any atom is 0.335 e. The van der Waals surface area contributed by atoms with Crippen LogP contribution in [0, 0.1) is 18.6 Å². The first-order valence-electron chi connectivity index (χ1n) is 5.99. The summed E-state index contributed by atoms with van der Waals surface area (Å²) in [5.74, 6) is -2.11. The van der Waals surface area contributed by atoms with Gasteiger partial charge in [0.25, 0.3) is 0 Å². The second-order valence-corrected chi connectivity index (χ2v) is 5.25. The van der Waals surface area contributed by atoms with Crippen LogP contribution in [0.2, 0.25) is 0 Å². The third-order valence-electron chi connectivity index (χ3n) is 2.95. The Labute approximate surface area is 128 Å². The number of halogens is 3. The molecule has 2 aromatic carbocycles. The number of ether oxygens (including phenoxy) is 1. The van der Waals surface area contributed by atoms with Gasteiger partial charge in [0, 0.05) is 0 Å². The van der Waals surface area contributed by atoms with Crippen LogP contribution in [0.3, 0.4) is 0 Å². The Morgan fingerprint density at radius 3 is 2.62 bits per heavy atom. The molecule has 0 fully saturated rings. The molecule has 0 amide bonds. The van der Waals surface area contributed by atoms with Crippen LogP contribution in [0.4, 0.5) is 8.78 Å². The first kappa shape index (κ1) is 15.4. The lowest BCUT2D eigenvalue weighted by atomic mass is 10.1. The molecule has 6 heteroatoms. The van der Waals surface area contributed by atoms with E-state index in [9.17, 15) is 13.6 Å². The van der Waals surface area contributed by atoms with Gasteiger partial charge in [0.05, 0.1) is 15.6 Å². The zero-order chi connectivity index (χ0) is 15.6. The largest absolute Gasteiger partial charge is 0.489 e. The van der Waals surface area contributed by atoms with E-state index in [1.807, 2.05) is 0 Å². The van der Waals surface area contributed by atoms with Crippen molar-refractivity contribution in [3.8, 4) is 5.75 Å². The number of hydrogen-bond donors (Lipinski definition) is 1. The number of benzene rings is 2. The SMILES string of the molecule is Cc1cc(OCc2c(F)ccc(Br)c2F)ccc1C(=O)O. The lowest BCUT2D eigenvalue weighted by molar-refractivity contribution is 0.0696. The molecular formula is C15H11BrF2O3. The Kier molecular flexibility index (Phi) is 4.57. The van der Waals surface area contributed by atoms with Gasteiger partial charge in [-0.2, -0.15) is 0 Å². The van der Waals surface area contributed by atoms with Gasteiger partial charge in [-0.3, -0.25) is 0 Å². The molecule has 0 saturated heterocycles. The number of aryl methyl sites for hydroxylation is 1. The van der Waals surface area contributed by atoms with Crippen LogP contribution in [0.25, 0.3) is 0 Å². The fourth-order valence-electron chi connectivity index (χ4n) is 1.82. The fraction of sp³-hybridized carbons (Fsp3) is 0.133. The molecule has 3 nitrogen and oxygen atoms in total. The number of aromatic carboxylic acids is 1. The summed E-state index contributed by atoms with van der Waals surface area (Å²) in [4.78, 5) is 10.9. The van der Waals surface area contributed by atoms with Gasteiger partial charge in [0.2, 0.25) is 0 Å².